The maximum Gasteiger partial charge on any atom is 0.119 e. The molecule has 1 aliphatic heterocycles. The second kappa shape index (κ2) is 7.81. The number of piperidine rings is 1. The quantitative estimate of drug-likeness (QED) is 0.868. The van der Waals surface area contributed by atoms with Crippen molar-refractivity contribution < 1.29 is 4.74 Å². The molecular formula is C18H30N2O. The summed E-state index contributed by atoms with van der Waals surface area (Å²) in [5, 5.41) is 3.78. The van der Waals surface area contributed by atoms with Gasteiger partial charge in [-0.15, -0.1) is 0 Å². The zero-order valence-corrected chi connectivity index (χ0v) is 13.9. The summed E-state index contributed by atoms with van der Waals surface area (Å²) in [4.78, 5) is 2.57. The molecule has 1 aromatic rings. The highest BCUT2D eigenvalue weighted by atomic mass is 16.5. The third-order valence-electron chi connectivity index (χ3n) is 4.80. The molecule has 2 unspecified atom stereocenters. The number of hydrogen-bond donors (Lipinski definition) is 1. The monoisotopic (exact) mass is 290 g/mol. The molecule has 0 spiro atoms. The predicted octanol–water partition coefficient (Wildman–Crippen LogP) is 3.47. The van der Waals surface area contributed by atoms with E-state index < -0.39 is 0 Å². The number of likely N-dealkylation sites (tertiary alicyclic amines) is 1. The standard InChI is InChI=1S/C18H30N2O/c1-5-20-11-7-9-17(13-20)15(3)19-14(2)16-8-6-10-18(12-16)21-4/h6,8,10,12,14-15,17,19H,5,7,9,11,13H2,1-4H3/t14-,15?,17?/m1/s1. The number of ether oxygens (including phenoxy) is 1. The highest BCUT2D eigenvalue weighted by Crippen LogP contribution is 2.23. The SMILES string of the molecule is CCN1CCCC(C(C)N[C@H](C)c2cccc(OC)c2)C1. The minimum Gasteiger partial charge on any atom is -0.497 e. The van der Waals surface area contributed by atoms with E-state index in [4.69, 9.17) is 4.74 Å². The van der Waals surface area contributed by atoms with Gasteiger partial charge in [-0.3, -0.25) is 0 Å². The zero-order valence-electron chi connectivity index (χ0n) is 13.9. The Morgan fingerprint density at radius 1 is 1.38 bits per heavy atom. The molecule has 1 aromatic carbocycles. The second-order valence-corrected chi connectivity index (χ2v) is 6.25. The fourth-order valence-electron chi connectivity index (χ4n) is 3.32. The van der Waals surface area contributed by atoms with E-state index in [1.165, 1.54) is 38.0 Å². The average molecular weight is 290 g/mol. The average Bonchev–Trinajstić information content (AvgIpc) is 2.54. The van der Waals surface area contributed by atoms with Gasteiger partial charge >= 0.3 is 0 Å². The van der Waals surface area contributed by atoms with Crippen molar-refractivity contribution in [3.63, 3.8) is 0 Å². The zero-order chi connectivity index (χ0) is 15.2. The Bertz CT molecular complexity index is 435. The van der Waals surface area contributed by atoms with E-state index in [2.05, 4.69) is 49.2 Å². The van der Waals surface area contributed by atoms with Crippen molar-refractivity contribution in [1.29, 1.82) is 0 Å². The molecule has 0 saturated carbocycles. The Morgan fingerprint density at radius 2 is 2.19 bits per heavy atom. The van der Waals surface area contributed by atoms with Crippen LogP contribution in [0.4, 0.5) is 0 Å². The molecular weight excluding hydrogens is 260 g/mol. The van der Waals surface area contributed by atoms with Crippen LogP contribution in [0.1, 0.15) is 45.2 Å². The Morgan fingerprint density at radius 3 is 2.90 bits per heavy atom. The summed E-state index contributed by atoms with van der Waals surface area (Å²) in [5.74, 6) is 1.69. The summed E-state index contributed by atoms with van der Waals surface area (Å²) >= 11 is 0. The van der Waals surface area contributed by atoms with E-state index in [1.54, 1.807) is 7.11 Å². The molecule has 0 aliphatic carbocycles. The van der Waals surface area contributed by atoms with Gasteiger partial charge in [-0.2, -0.15) is 0 Å². The fourth-order valence-corrected chi connectivity index (χ4v) is 3.32. The van der Waals surface area contributed by atoms with Crippen molar-refractivity contribution in [3.8, 4) is 5.75 Å². The fraction of sp³-hybridized carbons (Fsp3) is 0.667. The maximum absolute atomic E-state index is 5.32. The van der Waals surface area contributed by atoms with Crippen LogP contribution in [-0.4, -0.2) is 37.7 Å². The summed E-state index contributed by atoms with van der Waals surface area (Å²) < 4.78 is 5.32. The molecule has 0 radical (unpaired) electrons. The lowest BCUT2D eigenvalue weighted by Gasteiger charge is -2.36. The minimum absolute atomic E-state index is 0.354. The van der Waals surface area contributed by atoms with Gasteiger partial charge in [0.2, 0.25) is 0 Å². The van der Waals surface area contributed by atoms with Gasteiger partial charge < -0.3 is 15.0 Å². The normalized spacial score (nSPS) is 22.8. The van der Waals surface area contributed by atoms with Gasteiger partial charge in [0, 0.05) is 18.6 Å². The van der Waals surface area contributed by atoms with Crippen LogP contribution in [0.15, 0.2) is 24.3 Å². The first kappa shape index (κ1) is 16.3. The topological polar surface area (TPSA) is 24.5 Å². The Balaban J connectivity index is 1.93. The van der Waals surface area contributed by atoms with Gasteiger partial charge in [0.05, 0.1) is 7.11 Å². The lowest BCUT2D eigenvalue weighted by molar-refractivity contribution is 0.153. The maximum atomic E-state index is 5.32. The van der Waals surface area contributed by atoms with Gasteiger partial charge in [0.25, 0.3) is 0 Å². The molecule has 1 saturated heterocycles. The van der Waals surface area contributed by atoms with Gasteiger partial charge in [-0.25, -0.2) is 0 Å². The summed E-state index contributed by atoms with van der Waals surface area (Å²) in [6.45, 7) is 10.5. The first-order valence-electron chi connectivity index (χ1n) is 8.26. The van der Waals surface area contributed by atoms with E-state index in [1.807, 2.05) is 6.07 Å². The molecule has 1 aliphatic rings. The molecule has 118 valence electrons. The van der Waals surface area contributed by atoms with Crippen molar-refractivity contribution >= 4 is 0 Å². The van der Waals surface area contributed by atoms with Crippen LogP contribution in [0.3, 0.4) is 0 Å². The van der Waals surface area contributed by atoms with Crippen molar-refractivity contribution in [2.24, 2.45) is 5.92 Å². The van der Waals surface area contributed by atoms with Crippen molar-refractivity contribution in [1.82, 2.24) is 10.2 Å². The van der Waals surface area contributed by atoms with Gasteiger partial charge in [0.1, 0.15) is 5.75 Å². The lowest BCUT2D eigenvalue weighted by atomic mass is 9.90. The summed E-state index contributed by atoms with van der Waals surface area (Å²) in [6.07, 6.45) is 2.67. The predicted molar refractivity (Wildman–Crippen MR) is 88.8 cm³/mol. The molecule has 2 rings (SSSR count). The third-order valence-corrected chi connectivity index (χ3v) is 4.80. The van der Waals surface area contributed by atoms with Crippen LogP contribution in [0.25, 0.3) is 0 Å². The Labute approximate surface area is 129 Å². The van der Waals surface area contributed by atoms with Crippen LogP contribution in [0.5, 0.6) is 5.75 Å². The van der Waals surface area contributed by atoms with Crippen molar-refractivity contribution in [3.05, 3.63) is 29.8 Å². The number of nitrogens with one attached hydrogen (secondary N) is 1. The van der Waals surface area contributed by atoms with Crippen LogP contribution in [-0.2, 0) is 0 Å². The molecule has 3 heteroatoms. The summed E-state index contributed by atoms with van der Waals surface area (Å²) in [7, 11) is 1.72. The Kier molecular flexibility index (Phi) is 6.07. The highest BCUT2D eigenvalue weighted by Gasteiger charge is 2.24. The third kappa shape index (κ3) is 4.45. The van der Waals surface area contributed by atoms with Crippen LogP contribution < -0.4 is 10.1 Å². The van der Waals surface area contributed by atoms with Gasteiger partial charge in [-0.05, 0) is 63.4 Å². The number of hydrogen-bond acceptors (Lipinski definition) is 3. The van der Waals surface area contributed by atoms with Crippen LogP contribution >= 0.6 is 0 Å². The van der Waals surface area contributed by atoms with Crippen LogP contribution in [0.2, 0.25) is 0 Å². The summed E-state index contributed by atoms with van der Waals surface area (Å²) in [6, 6.07) is 9.26. The Hall–Kier alpha value is -1.06. The molecule has 0 bridgehead atoms. The number of benzene rings is 1. The lowest BCUT2D eigenvalue weighted by Crippen LogP contribution is -2.44. The summed E-state index contributed by atoms with van der Waals surface area (Å²) in [5.41, 5.74) is 1.30. The molecule has 1 fully saturated rings. The van der Waals surface area contributed by atoms with E-state index in [-0.39, 0.29) is 0 Å². The minimum atomic E-state index is 0.354. The van der Waals surface area contributed by atoms with Gasteiger partial charge in [-0.1, -0.05) is 19.1 Å². The molecule has 21 heavy (non-hydrogen) atoms. The second-order valence-electron chi connectivity index (χ2n) is 6.25. The van der Waals surface area contributed by atoms with E-state index >= 15 is 0 Å². The largest absolute Gasteiger partial charge is 0.497 e. The first-order chi connectivity index (χ1) is 10.1. The highest BCUT2D eigenvalue weighted by molar-refractivity contribution is 5.30. The van der Waals surface area contributed by atoms with Crippen LogP contribution in [0, 0.1) is 5.92 Å². The van der Waals surface area contributed by atoms with Crippen molar-refractivity contribution in [2.75, 3.05) is 26.7 Å². The van der Waals surface area contributed by atoms with Crippen molar-refractivity contribution in [2.45, 2.75) is 45.7 Å². The molecule has 3 atom stereocenters. The van der Waals surface area contributed by atoms with E-state index in [0.29, 0.717) is 12.1 Å². The number of methoxy groups -OCH3 is 1. The number of rotatable bonds is 6. The van der Waals surface area contributed by atoms with E-state index in [9.17, 15) is 0 Å². The van der Waals surface area contributed by atoms with Gasteiger partial charge in [0.15, 0.2) is 0 Å². The first-order valence-corrected chi connectivity index (χ1v) is 8.26. The van der Waals surface area contributed by atoms with E-state index in [0.717, 1.165) is 11.7 Å². The molecule has 3 nitrogen and oxygen atoms in total. The number of nitrogens with zero attached hydrogens (tertiary/aromatic N) is 1. The smallest absolute Gasteiger partial charge is 0.119 e. The molecule has 0 aromatic heterocycles. The molecule has 1 N–H and O–H groups in total. The molecule has 1 heterocycles. The molecule has 0 amide bonds.